The first-order chi connectivity index (χ1) is 33.4. The third-order valence-corrected chi connectivity index (χ3v) is 13.5. The van der Waals surface area contributed by atoms with Crippen molar-refractivity contribution in [2.24, 2.45) is 0 Å². The van der Waals surface area contributed by atoms with Crippen molar-refractivity contribution in [1.29, 1.82) is 0 Å². The molecule has 2 aliphatic heterocycles. The average molecular weight is 1030 g/mol. The van der Waals surface area contributed by atoms with Gasteiger partial charge in [0.15, 0.2) is 12.0 Å². The fourth-order valence-electron chi connectivity index (χ4n) is 6.67. The van der Waals surface area contributed by atoms with Gasteiger partial charge in [-0.05, 0) is 130 Å². The molecule has 16 nitrogen and oxygen atoms in total. The number of hydrogen-bond acceptors (Lipinski definition) is 17. The molecule has 70 heavy (non-hydrogen) atoms. The van der Waals surface area contributed by atoms with Crippen LogP contribution in [0.3, 0.4) is 0 Å². The average Bonchev–Trinajstić information content (AvgIpc) is 4.00. The van der Waals surface area contributed by atoms with Gasteiger partial charge in [0.25, 0.3) is 0 Å². The van der Waals surface area contributed by atoms with Gasteiger partial charge in [-0.2, -0.15) is 16.7 Å². The summed E-state index contributed by atoms with van der Waals surface area (Å²) in [7, 11) is 10.2. The summed E-state index contributed by atoms with van der Waals surface area (Å²) in [6, 6.07) is 14.6. The van der Waals surface area contributed by atoms with E-state index in [0.29, 0.717) is 16.8 Å². The van der Waals surface area contributed by atoms with Gasteiger partial charge in [-0.25, -0.2) is 14.4 Å². The van der Waals surface area contributed by atoms with E-state index in [9.17, 15) is 23.6 Å². The van der Waals surface area contributed by atoms with E-state index in [2.05, 4.69) is 84.1 Å². The Morgan fingerprint density at radius 3 is 2.11 bits per heavy atom. The first-order valence-corrected chi connectivity index (χ1v) is 25.3. The number of thiazole rings is 1. The van der Waals surface area contributed by atoms with Crippen LogP contribution in [0.2, 0.25) is 5.02 Å². The quantitative estimate of drug-likeness (QED) is 0.0490. The molecule has 2 aromatic heterocycles. The van der Waals surface area contributed by atoms with Crippen molar-refractivity contribution in [2.45, 2.75) is 89.8 Å². The zero-order chi connectivity index (χ0) is 52.7. The second-order valence-electron chi connectivity index (χ2n) is 17.2. The largest absolute Gasteiger partial charge is 0.495 e. The van der Waals surface area contributed by atoms with E-state index in [-0.39, 0.29) is 23.1 Å². The van der Waals surface area contributed by atoms with Crippen molar-refractivity contribution in [2.75, 3.05) is 98.1 Å². The van der Waals surface area contributed by atoms with Crippen LogP contribution in [0, 0.1) is 13.8 Å². The number of benzene rings is 2. The molecule has 20 heteroatoms. The van der Waals surface area contributed by atoms with Gasteiger partial charge in [0.05, 0.1) is 47.2 Å². The molecule has 390 valence electrons. The fraction of sp³-hybridized carbons (Fsp3) is 0.540. The molecule has 0 saturated carbocycles. The van der Waals surface area contributed by atoms with Crippen molar-refractivity contribution >= 4 is 77.4 Å². The third-order valence-electron chi connectivity index (χ3n) is 10.8. The number of nitrogens with zero attached hydrogens (tertiary/aromatic N) is 6. The number of carbonyl (C=O) groups is 4. The van der Waals surface area contributed by atoms with Crippen LogP contribution in [0.25, 0.3) is 10.4 Å². The van der Waals surface area contributed by atoms with Crippen LogP contribution >= 0.6 is 34.7 Å². The summed E-state index contributed by atoms with van der Waals surface area (Å²) in [5.74, 6) is 2.82. The lowest BCUT2D eigenvalue weighted by Crippen LogP contribution is -2.46. The van der Waals surface area contributed by atoms with Crippen LogP contribution in [0.1, 0.15) is 63.8 Å². The van der Waals surface area contributed by atoms with E-state index in [0.717, 1.165) is 113 Å². The molecule has 0 bridgehead atoms. The Labute approximate surface area is 429 Å². The number of likely N-dealkylation sites (tertiary alicyclic amines) is 1. The van der Waals surface area contributed by atoms with E-state index in [1.807, 2.05) is 75.4 Å². The van der Waals surface area contributed by atoms with Crippen molar-refractivity contribution in [3.8, 4) is 16.2 Å². The molecular formula is C50H78ClFN10O6S2. The maximum Gasteiger partial charge on any atom is 0.229 e. The molecule has 2 aliphatic rings. The summed E-state index contributed by atoms with van der Waals surface area (Å²) < 4.78 is 17.0. The number of alkyl halides is 1. The molecule has 0 aliphatic carbocycles. The lowest BCUT2D eigenvalue weighted by Gasteiger charge is -2.33. The van der Waals surface area contributed by atoms with E-state index in [1.165, 1.54) is 36.3 Å². The molecule has 1 unspecified atom stereocenters. The number of rotatable bonds is 18. The van der Waals surface area contributed by atoms with Crippen LogP contribution in [0.15, 0.2) is 54.2 Å². The van der Waals surface area contributed by atoms with Gasteiger partial charge in [0.1, 0.15) is 29.2 Å². The maximum absolute atomic E-state index is 11.8. The van der Waals surface area contributed by atoms with E-state index in [4.69, 9.17) is 21.4 Å². The predicted octanol–water partition coefficient (Wildman–Crippen LogP) is 7.34. The second kappa shape index (κ2) is 34.7. The predicted molar refractivity (Wildman–Crippen MR) is 288 cm³/mol. The van der Waals surface area contributed by atoms with E-state index >= 15 is 0 Å². The molecule has 4 aromatic rings. The number of ether oxygens (including phenoxy) is 1. The molecule has 2 fully saturated rings. The Morgan fingerprint density at radius 2 is 1.64 bits per heavy atom. The van der Waals surface area contributed by atoms with Gasteiger partial charge in [0, 0.05) is 51.6 Å². The summed E-state index contributed by atoms with van der Waals surface area (Å²) >= 11 is 9.48. The number of hydrogen-bond donors (Lipinski definition) is 5. The van der Waals surface area contributed by atoms with Gasteiger partial charge in [-0.1, -0.05) is 41.9 Å². The van der Waals surface area contributed by atoms with Crippen LogP contribution in [-0.2, 0) is 25.7 Å². The summed E-state index contributed by atoms with van der Waals surface area (Å²) in [4.78, 5) is 61.5. The minimum absolute atomic E-state index is 0.0767. The molecule has 0 spiro atoms. The van der Waals surface area contributed by atoms with Crippen molar-refractivity contribution < 1.29 is 33.4 Å². The number of likely N-dealkylation sites (N-methyl/N-ethyl adjacent to an activating group) is 2. The SMILES string of the molecule is CC(C)(F)C=O.CN1CCC[C@H]1C=O.CNC(C=O)C(C)(C)SCCCN1CCN(C=O)CC1.CNCc1ccc(-c2scnc2C)cc1.CNc1nc(Nc2ccc(C)cc2OC)ncc1Cl.CO. The Morgan fingerprint density at radius 1 is 0.986 bits per heavy atom. The first-order valence-electron chi connectivity index (χ1n) is 23.1. The summed E-state index contributed by atoms with van der Waals surface area (Å²) in [6.45, 7) is 17.4. The number of amides is 1. The molecule has 5 N–H and O–H groups in total. The zero-order valence-electron chi connectivity index (χ0n) is 43.2. The van der Waals surface area contributed by atoms with Crippen LogP contribution in [0.4, 0.5) is 21.8 Å². The summed E-state index contributed by atoms with van der Waals surface area (Å²) in [5.41, 5.74) is 5.86. The number of aldehydes is 3. The standard InChI is InChI=1S/C14H27N3O2S.C13H15ClN4O.C12H14N2S.C6H11NO.C4H7FO.CH4O/c1-14(2,13(11-18)15-3)20-10-4-5-16-6-8-17(12-19)9-7-16;1-8-4-5-10(11(6-8)19-3)17-13-16-7-9(14)12(15-2)18-13;1-9-12(15-8-14-9)11-5-3-10(4-6-11)7-13-2;1-7-4-2-3-6(7)5-8;1-4(2,5)3-6;1-2/h11-13,15H,4-10H2,1-3H3;4-7H,1-3H3,(H2,15,16,17,18);3-6,8,13H,7H2,1-2H3;5-6H,2-4H2,1H3;3H,1-2H3;2H,1H3/t;;;6-;;/m...0../s1. The molecular weight excluding hydrogens is 955 g/mol. The lowest BCUT2D eigenvalue weighted by atomic mass is 10.1. The van der Waals surface area contributed by atoms with Gasteiger partial charge >= 0.3 is 0 Å². The van der Waals surface area contributed by atoms with Crippen LogP contribution in [-0.4, -0.2) is 170 Å². The number of aromatic nitrogens is 3. The first kappa shape index (κ1) is 63.4. The second-order valence-corrected chi connectivity index (χ2v) is 20.2. The van der Waals surface area contributed by atoms with Crippen molar-refractivity contribution in [1.82, 2.24) is 40.3 Å². The number of halogens is 2. The molecule has 0 radical (unpaired) electrons. The third kappa shape index (κ3) is 24.0. The highest BCUT2D eigenvalue weighted by atomic mass is 35.5. The number of anilines is 3. The smallest absolute Gasteiger partial charge is 0.229 e. The monoisotopic (exact) mass is 1030 g/mol. The highest BCUT2D eigenvalue weighted by molar-refractivity contribution is 8.00. The number of methoxy groups -OCH3 is 1. The van der Waals surface area contributed by atoms with Gasteiger partial charge in [-0.15, -0.1) is 11.3 Å². The Kier molecular flexibility index (Phi) is 31.4. The zero-order valence-corrected chi connectivity index (χ0v) is 45.6. The Balaban J connectivity index is 0.000000457. The minimum Gasteiger partial charge on any atom is -0.495 e. The lowest BCUT2D eigenvalue weighted by molar-refractivity contribution is -0.119. The molecule has 2 atom stereocenters. The summed E-state index contributed by atoms with van der Waals surface area (Å²) in [6.07, 6.45) is 8.13. The molecule has 6 rings (SSSR count). The number of nitrogens with one attached hydrogen (secondary N) is 4. The molecule has 2 saturated heterocycles. The Hall–Kier alpha value is -4.60. The number of piperazine rings is 1. The fourth-order valence-corrected chi connectivity index (χ4v) is 8.82. The number of aryl methyl sites for hydroxylation is 2. The Bertz CT molecular complexity index is 2090. The number of thioether (sulfide) groups is 1. The molecule has 1 amide bonds. The minimum atomic E-state index is -1.64. The van der Waals surface area contributed by atoms with E-state index < -0.39 is 5.67 Å². The molecule has 4 heterocycles. The topological polar surface area (TPSA) is 194 Å². The van der Waals surface area contributed by atoms with Gasteiger partial charge in [-0.3, -0.25) is 19.4 Å². The van der Waals surface area contributed by atoms with E-state index in [1.54, 1.807) is 31.7 Å². The van der Waals surface area contributed by atoms with Crippen LogP contribution in [0.5, 0.6) is 5.75 Å². The highest BCUT2D eigenvalue weighted by Crippen LogP contribution is 2.30. The van der Waals surface area contributed by atoms with Crippen LogP contribution < -0.4 is 26.0 Å². The number of aliphatic hydroxyl groups excluding tert-OH is 1. The maximum atomic E-state index is 11.8. The molecule has 2 aromatic carbocycles. The van der Waals surface area contributed by atoms with Crippen molar-refractivity contribution in [3.63, 3.8) is 0 Å². The summed E-state index contributed by atoms with van der Waals surface area (Å²) in [5, 5.41) is 19.7. The number of carbonyl (C=O) groups excluding carboxylic acids is 4. The van der Waals surface area contributed by atoms with Gasteiger partial charge in [0.2, 0.25) is 12.4 Å². The van der Waals surface area contributed by atoms with Gasteiger partial charge < -0.3 is 45.6 Å². The normalized spacial score (nSPS) is 15.0. The van der Waals surface area contributed by atoms with Crippen molar-refractivity contribution in [3.05, 3.63) is 76.0 Å². The highest BCUT2D eigenvalue weighted by Gasteiger charge is 2.28. The number of aliphatic hydroxyl groups is 1.